The van der Waals surface area contributed by atoms with Crippen LogP contribution in [0.2, 0.25) is 0 Å². The van der Waals surface area contributed by atoms with Gasteiger partial charge in [0.25, 0.3) is 5.91 Å². The molecule has 2 aromatic rings. The fraction of sp³-hybridized carbons (Fsp3) is 0.444. The lowest BCUT2D eigenvalue weighted by Gasteiger charge is -2.23. The maximum atomic E-state index is 12.4. The number of piperidine rings is 1. The quantitative estimate of drug-likeness (QED) is 0.895. The molecule has 1 saturated heterocycles. The van der Waals surface area contributed by atoms with Gasteiger partial charge in [-0.2, -0.15) is 0 Å². The summed E-state index contributed by atoms with van der Waals surface area (Å²) in [5.41, 5.74) is 1.75. The number of hydrogen-bond donors (Lipinski definition) is 2. The molecular formula is C18H25N4O+. The van der Waals surface area contributed by atoms with Crippen molar-refractivity contribution < 1.29 is 9.69 Å². The Morgan fingerprint density at radius 3 is 2.70 bits per heavy atom. The summed E-state index contributed by atoms with van der Waals surface area (Å²) in [6, 6.07) is 9.88. The van der Waals surface area contributed by atoms with E-state index in [0.29, 0.717) is 6.54 Å². The first kappa shape index (κ1) is 15.7. The average molecular weight is 313 g/mol. The highest BCUT2D eigenvalue weighted by atomic mass is 16.2. The lowest BCUT2D eigenvalue weighted by Crippen LogP contribution is -3.13. The summed E-state index contributed by atoms with van der Waals surface area (Å²) in [5.74, 6) is 0.937. The number of carbonyl (C=O) groups is 1. The molecule has 1 aromatic carbocycles. The van der Waals surface area contributed by atoms with E-state index in [2.05, 4.69) is 10.3 Å². The number of nitrogens with zero attached hydrogens (tertiary/aromatic N) is 2. The van der Waals surface area contributed by atoms with Gasteiger partial charge in [0.1, 0.15) is 5.82 Å². The van der Waals surface area contributed by atoms with E-state index in [0.717, 1.165) is 35.5 Å². The zero-order valence-electron chi connectivity index (χ0n) is 13.9. The number of hydrogen-bond acceptors (Lipinski definition) is 3. The highest BCUT2D eigenvalue weighted by molar-refractivity contribution is 6.02. The van der Waals surface area contributed by atoms with Crippen LogP contribution in [0.5, 0.6) is 0 Å². The summed E-state index contributed by atoms with van der Waals surface area (Å²) >= 11 is 0. The van der Waals surface area contributed by atoms with Crippen LogP contribution in [0.3, 0.4) is 0 Å². The van der Waals surface area contributed by atoms with E-state index in [4.69, 9.17) is 0 Å². The SMILES string of the molecule is CN(C)c1cc(NC(=O)C[NH+]2CCCCC2)c2ccccc2n1. The fourth-order valence-electron chi connectivity index (χ4n) is 3.14. The molecule has 2 N–H and O–H groups in total. The molecule has 0 aliphatic carbocycles. The minimum Gasteiger partial charge on any atom is -0.363 e. The lowest BCUT2D eigenvalue weighted by atomic mass is 10.1. The number of rotatable bonds is 4. The molecule has 0 unspecified atom stereocenters. The van der Waals surface area contributed by atoms with E-state index in [1.165, 1.54) is 24.2 Å². The molecule has 1 aromatic heterocycles. The molecule has 0 atom stereocenters. The van der Waals surface area contributed by atoms with Crippen LogP contribution < -0.4 is 15.1 Å². The molecule has 5 nitrogen and oxygen atoms in total. The minimum absolute atomic E-state index is 0.0861. The van der Waals surface area contributed by atoms with Crippen molar-refractivity contribution in [2.75, 3.05) is 43.9 Å². The van der Waals surface area contributed by atoms with Crippen LogP contribution in [0.15, 0.2) is 30.3 Å². The summed E-state index contributed by atoms with van der Waals surface area (Å²) in [5, 5.41) is 4.09. The third-order valence-electron chi connectivity index (χ3n) is 4.41. The molecular weight excluding hydrogens is 288 g/mol. The van der Waals surface area contributed by atoms with Crippen molar-refractivity contribution in [2.45, 2.75) is 19.3 Å². The second-order valence-corrected chi connectivity index (χ2v) is 6.48. The van der Waals surface area contributed by atoms with Gasteiger partial charge >= 0.3 is 0 Å². The van der Waals surface area contributed by atoms with E-state index in [1.807, 2.05) is 49.3 Å². The Morgan fingerprint density at radius 1 is 1.22 bits per heavy atom. The summed E-state index contributed by atoms with van der Waals surface area (Å²) in [4.78, 5) is 20.4. The predicted octanol–water partition coefficient (Wildman–Crippen LogP) is 1.31. The molecule has 23 heavy (non-hydrogen) atoms. The van der Waals surface area contributed by atoms with E-state index in [1.54, 1.807) is 0 Å². The Hall–Kier alpha value is -2.14. The number of fused-ring (bicyclic) bond motifs is 1. The van der Waals surface area contributed by atoms with E-state index >= 15 is 0 Å². The average Bonchev–Trinajstić information content (AvgIpc) is 2.55. The van der Waals surface area contributed by atoms with Gasteiger partial charge in [0.05, 0.1) is 24.3 Å². The van der Waals surface area contributed by atoms with Crippen LogP contribution >= 0.6 is 0 Å². The van der Waals surface area contributed by atoms with Gasteiger partial charge in [-0.3, -0.25) is 4.79 Å². The molecule has 2 heterocycles. The molecule has 0 bridgehead atoms. The second kappa shape index (κ2) is 6.96. The van der Waals surface area contributed by atoms with Gasteiger partial charge in [0.15, 0.2) is 6.54 Å². The van der Waals surface area contributed by atoms with Gasteiger partial charge in [0, 0.05) is 25.5 Å². The number of carbonyl (C=O) groups excluding carboxylic acids is 1. The predicted molar refractivity (Wildman–Crippen MR) is 94.1 cm³/mol. The van der Waals surface area contributed by atoms with Crippen molar-refractivity contribution in [3.05, 3.63) is 30.3 Å². The van der Waals surface area contributed by atoms with Crippen molar-refractivity contribution in [2.24, 2.45) is 0 Å². The highest BCUT2D eigenvalue weighted by Gasteiger charge is 2.18. The van der Waals surface area contributed by atoms with Crippen LogP contribution in [-0.2, 0) is 4.79 Å². The van der Waals surface area contributed by atoms with Crippen LogP contribution in [0.25, 0.3) is 10.9 Å². The minimum atomic E-state index is 0.0861. The zero-order chi connectivity index (χ0) is 16.2. The Balaban J connectivity index is 1.81. The first-order valence-electron chi connectivity index (χ1n) is 8.34. The summed E-state index contributed by atoms with van der Waals surface area (Å²) in [6.07, 6.45) is 3.75. The second-order valence-electron chi connectivity index (χ2n) is 6.48. The molecule has 1 aliphatic heterocycles. The topological polar surface area (TPSA) is 49.7 Å². The number of para-hydroxylation sites is 1. The molecule has 0 spiro atoms. The van der Waals surface area contributed by atoms with Crippen LogP contribution in [0.1, 0.15) is 19.3 Å². The van der Waals surface area contributed by atoms with Crippen molar-refractivity contribution >= 4 is 28.3 Å². The first-order chi connectivity index (χ1) is 11.1. The molecule has 1 fully saturated rings. The molecule has 0 radical (unpaired) electrons. The normalized spacial score (nSPS) is 15.6. The van der Waals surface area contributed by atoms with Crippen LogP contribution in [-0.4, -0.2) is 44.6 Å². The van der Waals surface area contributed by atoms with Crippen LogP contribution in [0, 0.1) is 0 Å². The van der Waals surface area contributed by atoms with Gasteiger partial charge < -0.3 is 15.1 Å². The maximum absolute atomic E-state index is 12.4. The number of pyridine rings is 1. The summed E-state index contributed by atoms with van der Waals surface area (Å²) in [7, 11) is 3.92. The standard InChI is InChI=1S/C18H24N4O/c1-21(2)17-12-16(14-8-4-5-9-15(14)19-17)20-18(23)13-22-10-6-3-7-11-22/h4-5,8-9,12H,3,6-7,10-11,13H2,1-2H3,(H,19,20,23)/p+1. The van der Waals surface area contributed by atoms with Gasteiger partial charge in [-0.25, -0.2) is 4.98 Å². The van der Waals surface area contributed by atoms with E-state index in [-0.39, 0.29) is 5.91 Å². The Bertz CT molecular complexity index is 692. The summed E-state index contributed by atoms with van der Waals surface area (Å²) < 4.78 is 0. The van der Waals surface area contributed by atoms with Gasteiger partial charge in [0.2, 0.25) is 0 Å². The monoisotopic (exact) mass is 313 g/mol. The summed E-state index contributed by atoms with van der Waals surface area (Å²) in [6.45, 7) is 2.76. The van der Waals surface area contributed by atoms with Crippen molar-refractivity contribution in [1.29, 1.82) is 0 Å². The molecule has 1 amide bonds. The highest BCUT2D eigenvalue weighted by Crippen LogP contribution is 2.26. The number of nitrogens with one attached hydrogen (secondary N) is 2. The Labute approximate surface area is 137 Å². The molecule has 3 rings (SSSR count). The number of aromatic nitrogens is 1. The van der Waals surface area contributed by atoms with Crippen molar-refractivity contribution in [1.82, 2.24) is 4.98 Å². The molecule has 122 valence electrons. The fourth-order valence-corrected chi connectivity index (χ4v) is 3.14. The van der Waals surface area contributed by atoms with E-state index in [9.17, 15) is 4.79 Å². The van der Waals surface area contributed by atoms with Gasteiger partial charge in [-0.15, -0.1) is 0 Å². The van der Waals surface area contributed by atoms with Gasteiger partial charge in [-0.1, -0.05) is 18.2 Å². The third-order valence-corrected chi connectivity index (χ3v) is 4.41. The smallest absolute Gasteiger partial charge is 0.279 e. The van der Waals surface area contributed by atoms with E-state index < -0.39 is 0 Å². The number of likely N-dealkylation sites (tertiary alicyclic amines) is 1. The zero-order valence-corrected chi connectivity index (χ0v) is 13.9. The number of anilines is 2. The van der Waals surface area contributed by atoms with Crippen molar-refractivity contribution in [3.63, 3.8) is 0 Å². The van der Waals surface area contributed by atoms with Gasteiger partial charge in [-0.05, 0) is 25.3 Å². The van der Waals surface area contributed by atoms with Crippen LogP contribution in [0.4, 0.5) is 11.5 Å². The third kappa shape index (κ3) is 3.79. The maximum Gasteiger partial charge on any atom is 0.279 e. The molecule has 1 aliphatic rings. The molecule has 5 heteroatoms. The number of amides is 1. The Morgan fingerprint density at radius 2 is 1.96 bits per heavy atom. The van der Waals surface area contributed by atoms with Crippen molar-refractivity contribution in [3.8, 4) is 0 Å². The Kier molecular flexibility index (Phi) is 4.76. The molecule has 0 saturated carbocycles. The largest absolute Gasteiger partial charge is 0.363 e. The first-order valence-corrected chi connectivity index (χ1v) is 8.34. The lowest BCUT2D eigenvalue weighted by molar-refractivity contribution is -0.896. The number of quaternary nitrogens is 1. The number of benzene rings is 1.